The van der Waals surface area contributed by atoms with Crippen molar-refractivity contribution in [3.63, 3.8) is 0 Å². The summed E-state index contributed by atoms with van der Waals surface area (Å²) in [6, 6.07) is 41.4. The number of nitrogens with zero attached hydrogens (tertiary/aromatic N) is 2. The summed E-state index contributed by atoms with van der Waals surface area (Å²) in [5.74, 6) is 0.373. The maximum absolute atomic E-state index is 2.73. The lowest BCUT2D eigenvalue weighted by Crippen LogP contribution is -2.62. The minimum atomic E-state index is -0.0361. The van der Waals surface area contributed by atoms with Gasteiger partial charge < -0.3 is 0 Å². The maximum Gasteiger partial charge on any atom is 0.213 e. The SMILES string of the molecule is CCCCCc1cc2[n+](cc1-c1ccccc1)C(CC)(CC)C(CC[n+]1cc(C)ccc1-c1cc3sc4ccccc4c3cc1C)c1ccccc1-2. The molecule has 4 aromatic carbocycles. The van der Waals surface area contributed by atoms with Crippen LogP contribution in [-0.4, -0.2) is 0 Å². The van der Waals surface area contributed by atoms with Crippen molar-refractivity contribution in [2.75, 3.05) is 0 Å². The van der Waals surface area contributed by atoms with Gasteiger partial charge in [-0.1, -0.05) is 100 Å². The third-order valence-electron chi connectivity index (χ3n) is 12.1. The van der Waals surface area contributed by atoms with Crippen LogP contribution in [0.5, 0.6) is 0 Å². The van der Waals surface area contributed by atoms with E-state index in [0.29, 0.717) is 5.92 Å². The Morgan fingerprint density at radius 1 is 0.654 bits per heavy atom. The Kier molecular flexibility index (Phi) is 9.57. The van der Waals surface area contributed by atoms with E-state index in [0.717, 1.165) is 32.2 Å². The highest BCUT2D eigenvalue weighted by Gasteiger charge is 2.51. The molecule has 52 heavy (non-hydrogen) atoms. The number of fused-ring (bicyclic) bond motifs is 6. The summed E-state index contributed by atoms with van der Waals surface area (Å²) in [7, 11) is 0. The molecule has 1 aliphatic heterocycles. The minimum Gasteiger partial charge on any atom is -0.198 e. The first-order valence-electron chi connectivity index (χ1n) is 19.6. The molecule has 4 heterocycles. The molecule has 262 valence electrons. The smallest absolute Gasteiger partial charge is 0.198 e. The van der Waals surface area contributed by atoms with Gasteiger partial charge >= 0.3 is 0 Å². The average Bonchev–Trinajstić information content (AvgIpc) is 3.54. The Bertz CT molecular complexity index is 2380. The number of hydrogen-bond donors (Lipinski definition) is 0. The van der Waals surface area contributed by atoms with Gasteiger partial charge in [-0.2, -0.15) is 9.13 Å². The van der Waals surface area contributed by atoms with E-state index in [1.54, 1.807) is 0 Å². The highest BCUT2D eigenvalue weighted by molar-refractivity contribution is 7.25. The molecule has 8 rings (SSSR count). The van der Waals surface area contributed by atoms with Crippen molar-refractivity contribution >= 4 is 31.5 Å². The fourth-order valence-corrected chi connectivity index (χ4v) is 10.5. The largest absolute Gasteiger partial charge is 0.213 e. The van der Waals surface area contributed by atoms with Gasteiger partial charge in [0.2, 0.25) is 11.4 Å². The Balaban J connectivity index is 1.23. The molecule has 3 aromatic heterocycles. The van der Waals surface area contributed by atoms with Crippen LogP contribution in [0.1, 0.15) is 87.5 Å². The minimum absolute atomic E-state index is 0.0361. The van der Waals surface area contributed by atoms with Crippen LogP contribution in [0.25, 0.3) is 53.8 Å². The van der Waals surface area contributed by atoms with Gasteiger partial charge in [0.15, 0.2) is 17.9 Å². The number of pyridine rings is 2. The summed E-state index contributed by atoms with van der Waals surface area (Å²) in [5.41, 5.74) is 13.7. The highest BCUT2D eigenvalue weighted by atomic mass is 32.1. The molecule has 0 saturated heterocycles. The van der Waals surface area contributed by atoms with Gasteiger partial charge in [-0.15, -0.1) is 11.3 Å². The molecule has 0 N–H and O–H groups in total. The van der Waals surface area contributed by atoms with Crippen LogP contribution in [0.4, 0.5) is 0 Å². The molecular weight excluding hydrogens is 649 g/mol. The van der Waals surface area contributed by atoms with Crippen LogP contribution in [0.2, 0.25) is 0 Å². The van der Waals surface area contributed by atoms with E-state index in [1.165, 1.54) is 95.3 Å². The molecule has 1 aliphatic rings. The van der Waals surface area contributed by atoms with Crippen molar-refractivity contribution in [1.82, 2.24) is 0 Å². The number of hydrogen-bond acceptors (Lipinski definition) is 1. The number of rotatable bonds is 11. The van der Waals surface area contributed by atoms with Crippen molar-refractivity contribution < 1.29 is 9.13 Å². The Labute approximate surface area is 314 Å². The van der Waals surface area contributed by atoms with Gasteiger partial charge in [0, 0.05) is 68.3 Å². The second-order valence-electron chi connectivity index (χ2n) is 15.1. The number of aromatic nitrogens is 2. The maximum atomic E-state index is 2.73. The Morgan fingerprint density at radius 2 is 1.42 bits per heavy atom. The predicted octanol–water partition coefficient (Wildman–Crippen LogP) is 12.7. The first kappa shape index (κ1) is 34.5. The van der Waals surface area contributed by atoms with Gasteiger partial charge in [0.1, 0.15) is 6.54 Å². The summed E-state index contributed by atoms with van der Waals surface area (Å²) in [6.45, 7) is 12.6. The van der Waals surface area contributed by atoms with Crippen molar-refractivity contribution in [2.24, 2.45) is 0 Å². The zero-order chi connectivity index (χ0) is 35.8. The fourth-order valence-electron chi connectivity index (χ4n) is 9.34. The standard InChI is InChI=1S/C49H52N2S/c1-6-9-11-20-37-30-46-39-22-15-14-21-38(39)44(49(7-2,8-3)51(46)33-43(37)36-18-12-10-13-19-36)27-28-50-32-34(4)25-26-45(50)41-31-48-42(29-35(41)5)40-23-16-17-24-47(40)52-48/h10,12-19,21-26,29-33,44H,6-9,11,20,27-28H2,1-5H3/q+2. The molecule has 0 radical (unpaired) electrons. The van der Waals surface area contributed by atoms with Crippen molar-refractivity contribution in [3.05, 3.63) is 144 Å². The molecule has 1 atom stereocenters. The highest BCUT2D eigenvalue weighted by Crippen LogP contribution is 2.48. The van der Waals surface area contributed by atoms with E-state index >= 15 is 0 Å². The summed E-state index contributed by atoms with van der Waals surface area (Å²) in [4.78, 5) is 0. The molecule has 7 aromatic rings. The lowest BCUT2D eigenvalue weighted by molar-refractivity contribution is -0.764. The van der Waals surface area contributed by atoms with E-state index in [1.807, 2.05) is 11.3 Å². The summed E-state index contributed by atoms with van der Waals surface area (Å²) in [5, 5.41) is 2.73. The topological polar surface area (TPSA) is 7.76 Å². The van der Waals surface area contributed by atoms with Crippen LogP contribution in [-0.2, 0) is 18.5 Å². The molecule has 3 heteroatoms. The van der Waals surface area contributed by atoms with Gasteiger partial charge in [-0.3, -0.25) is 0 Å². The van der Waals surface area contributed by atoms with Crippen LogP contribution in [0.15, 0.2) is 122 Å². The molecule has 0 fully saturated rings. The first-order valence-corrected chi connectivity index (χ1v) is 20.4. The van der Waals surface area contributed by atoms with Gasteiger partial charge in [0.05, 0.1) is 11.5 Å². The third-order valence-corrected chi connectivity index (χ3v) is 13.2. The average molecular weight is 701 g/mol. The number of thiophene rings is 1. The Hall–Kier alpha value is -4.60. The van der Waals surface area contributed by atoms with E-state index in [9.17, 15) is 0 Å². The second kappa shape index (κ2) is 14.4. The third kappa shape index (κ3) is 5.97. The monoisotopic (exact) mass is 700 g/mol. The number of unbranched alkanes of at least 4 members (excludes halogenated alkanes) is 2. The van der Waals surface area contributed by atoms with E-state index in [2.05, 4.69) is 165 Å². The zero-order valence-electron chi connectivity index (χ0n) is 31.6. The molecule has 2 nitrogen and oxygen atoms in total. The van der Waals surface area contributed by atoms with Crippen molar-refractivity contribution in [2.45, 2.75) is 97.6 Å². The van der Waals surface area contributed by atoms with Crippen LogP contribution in [0.3, 0.4) is 0 Å². The second-order valence-corrected chi connectivity index (χ2v) is 16.2. The molecule has 0 spiro atoms. The van der Waals surface area contributed by atoms with Gasteiger partial charge in [0.25, 0.3) is 0 Å². The zero-order valence-corrected chi connectivity index (χ0v) is 32.4. The van der Waals surface area contributed by atoms with Crippen LogP contribution < -0.4 is 9.13 Å². The van der Waals surface area contributed by atoms with Crippen molar-refractivity contribution in [1.29, 1.82) is 0 Å². The summed E-state index contributed by atoms with van der Waals surface area (Å²) < 4.78 is 8.01. The molecule has 1 unspecified atom stereocenters. The van der Waals surface area contributed by atoms with E-state index < -0.39 is 0 Å². The first-order chi connectivity index (χ1) is 25.5. The fraction of sp³-hybridized carbons (Fsp3) is 0.306. The quantitative estimate of drug-likeness (QED) is 0.0937. The van der Waals surface area contributed by atoms with E-state index in [4.69, 9.17) is 0 Å². The number of aryl methyl sites for hydroxylation is 4. The molecule has 0 saturated carbocycles. The van der Waals surface area contributed by atoms with Crippen molar-refractivity contribution in [3.8, 4) is 33.6 Å². The predicted molar refractivity (Wildman–Crippen MR) is 221 cm³/mol. The lowest BCUT2D eigenvalue weighted by atomic mass is 9.68. The lowest BCUT2D eigenvalue weighted by Gasteiger charge is -2.40. The molecular formula is C49H52N2S+2. The Morgan fingerprint density at radius 3 is 2.23 bits per heavy atom. The molecule has 0 bridgehead atoms. The van der Waals surface area contributed by atoms with Crippen LogP contribution in [0, 0.1) is 13.8 Å². The van der Waals surface area contributed by atoms with E-state index in [-0.39, 0.29) is 5.54 Å². The number of benzene rings is 4. The molecule has 0 aliphatic carbocycles. The van der Waals surface area contributed by atoms with Gasteiger partial charge in [-0.25, -0.2) is 0 Å². The summed E-state index contributed by atoms with van der Waals surface area (Å²) in [6.07, 6.45) is 13.0. The normalized spacial score (nSPS) is 14.8. The molecule has 0 amide bonds. The van der Waals surface area contributed by atoms with Gasteiger partial charge in [-0.05, 0) is 79.3 Å². The summed E-state index contributed by atoms with van der Waals surface area (Å²) >= 11 is 1.91. The van der Waals surface area contributed by atoms with Crippen LogP contribution >= 0.6 is 11.3 Å².